The summed E-state index contributed by atoms with van der Waals surface area (Å²) < 4.78 is 0. The second-order valence-electron chi connectivity index (χ2n) is 6.78. The fourth-order valence-electron chi connectivity index (χ4n) is 3.44. The molecule has 4 aromatic rings. The molecular formula is C21H21ClN6O. The van der Waals surface area contributed by atoms with Crippen molar-refractivity contribution in [2.75, 3.05) is 16.4 Å². The summed E-state index contributed by atoms with van der Waals surface area (Å²) in [6.45, 7) is 3.77. The van der Waals surface area contributed by atoms with Gasteiger partial charge in [-0.2, -0.15) is 0 Å². The number of urea groups is 1. The predicted molar refractivity (Wildman–Crippen MR) is 121 cm³/mol. The van der Waals surface area contributed by atoms with Crippen molar-refractivity contribution < 1.29 is 4.79 Å². The minimum absolute atomic E-state index is 0. The Balaban J connectivity index is 0.00000240. The van der Waals surface area contributed by atoms with E-state index in [1.54, 1.807) is 24.3 Å². The van der Waals surface area contributed by atoms with E-state index in [0.717, 1.165) is 33.2 Å². The van der Waals surface area contributed by atoms with Gasteiger partial charge in [-0.15, -0.1) is 12.4 Å². The molecule has 0 spiro atoms. The first-order valence-corrected chi connectivity index (χ1v) is 8.77. The molecule has 29 heavy (non-hydrogen) atoms. The lowest BCUT2D eigenvalue weighted by molar-refractivity contribution is 0.256. The average molecular weight is 409 g/mol. The van der Waals surface area contributed by atoms with Crippen molar-refractivity contribution in [3.63, 3.8) is 0 Å². The van der Waals surface area contributed by atoms with Gasteiger partial charge in [-0.3, -0.25) is 14.9 Å². The Kier molecular flexibility index (Phi) is 5.18. The lowest BCUT2D eigenvalue weighted by atomic mass is 10.1. The van der Waals surface area contributed by atoms with Gasteiger partial charge in [0.25, 0.3) is 0 Å². The van der Waals surface area contributed by atoms with Crippen LogP contribution in [-0.4, -0.2) is 16.0 Å². The monoisotopic (exact) mass is 408 g/mol. The van der Waals surface area contributed by atoms with Gasteiger partial charge >= 0.3 is 6.03 Å². The number of halogens is 1. The normalized spacial score (nSPS) is 10.7. The van der Waals surface area contributed by atoms with Crippen LogP contribution in [0.3, 0.4) is 0 Å². The van der Waals surface area contributed by atoms with E-state index < -0.39 is 6.03 Å². The molecule has 0 atom stereocenters. The van der Waals surface area contributed by atoms with Gasteiger partial charge in [0.05, 0.1) is 22.4 Å². The molecular weight excluding hydrogens is 388 g/mol. The molecule has 0 saturated carbocycles. The number of primary amides is 1. The molecule has 148 valence electrons. The summed E-state index contributed by atoms with van der Waals surface area (Å²) in [5.41, 5.74) is 23.6. The molecule has 0 aliphatic heterocycles. The minimum Gasteiger partial charge on any atom is -0.398 e. The number of carbonyl (C=O) groups excluding carboxylic acids is 1. The lowest BCUT2D eigenvalue weighted by Gasteiger charge is -2.22. The highest BCUT2D eigenvalue weighted by Gasteiger charge is 2.17. The highest BCUT2D eigenvalue weighted by Crippen LogP contribution is 2.33. The molecule has 8 heteroatoms. The molecule has 2 aromatic heterocycles. The summed E-state index contributed by atoms with van der Waals surface area (Å²) in [7, 11) is 0. The fourth-order valence-corrected chi connectivity index (χ4v) is 3.44. The van der Waals surface area contributed by atoms with Gasteiger partial charge in [-0.05, 0) is 62.4 Å². The third kappa shape index (κ3) is 3.60. The van der Waals surface area contributed by atoms with Crippen molar-refractivity contribution in [2.24, 2.45) is 5.73 Å². The maximum absolute atomic E-state index is 12.3. The summed E-state index contributed by atoms with van der Waals surface area (Å²) in [6.07, 6.45) is 0. The molecule has 0 aliphatic rings. The number of aromatic nitrogens is 2. The van der Waals surface area contributed by atoms with Crippen molar-refractivity contribution in [1.29, 1.82) is 0 Å². The highest BCUT2D eigenvalue weighted by atomic mass is 35.5. The Labute approximate surface area is 173 Å². The number of nitrogens with two attached hydrogens (primary N) is 3. The Morgan fingerprint density at radius 2 is 1.21 bits per heavy atom. The van der Waals surface area contributed by atoms with Crippen molar-refractivity contribution in [1.82, 2.24) is 9.97 Å². The highest BCUT2D eigenvalue weighted by molar-refractivity contribution is 6.04. The Bertz CT molecular complexity index is 1170. The number of benzene rings is 2. The number of nitrogen functional groups attached to an aromatic ring is 2. The number of anilines is 4. The summed E-state index contributed by atoms with van der Waals surface area (Å²) >= 11 is 0. The number of pyridine rings is 2. The lowest BCUT2D eigenvalue weighted by Crippen LogP contribution is -2.31. The van der Waals surface area contributed by atoms with Crippen molar-refractivity contribution in [3.05, 3.63) is 59.9 Å². The van der Waals surface area contributed by atoms with Gasteiger partial charge < -0.3 is 17.2 Å². The predicted octanol–water partition coefficient (Wildman–Crippen LogP) is 4.20. The first kappa shape index (κ1) is 20.2. The zero-order valence-corrected chi connectivity index (χ0v) is 16.8. The zero-order chi connectivity index (χ0) is 20.0. The van der Waals surface area contributed by atoms with E-state index in [4.69, 9.17) is 17.2 Å². The number of nitrogens with zero attached hydrogens (tertiary/aromatic N) is 3. The smallest absolute Gasteiger partial charge is 0.323 e. The average Bonchev–Trinajstić information content (AvgIpc) is 2.62. The molecule has 4 rings (SSSR count). The summed E-state index contributed by atoms with van der Waals surface area (Å²) in [5, 5.41) is 1.51. The first-order valence-electron chi connectivity index (χ1n) is 8.77. The van der Waals surface area contributed by atoms with Gasteiger partial charge in [-0.25, -0.2) is 4.79 Å². The van der Waals surface area contributed by atoms with E-state index in [9.17, 15) is 4.79 Å². The maximum atomic E-state index is 12.3. The molecule has 0 aliphatic carbocycles. The molecule has 2 aromatic carbocycles. The van der Waals surface area contributed by atoms with Crippen LogP contribution in [0.15, 0.2) is 48.5 Å². The molecule has 2 heterocycles. The summed E-state index contributed by atoms with van der Waals surface area (Å²) in [6, 6.07) is 13.8. The fraction of sp³-hybridized carbons (Fsp3) is 0.0952. The van der Waals surface area contributed by atoms with Gasteiger partial charge in [0.15, 0.2) is 0 Å². The Hall–Kier alpha value is -3.58. The van der Waals surface area contributed by atoms with E-state index in [2.05, 4.69) is 9.97 Å². The number of carbonyl (C=O) groups is 1. The third-order valence-electron chi connectivity index (χ3n) is 4.64. The molecule has 0 radical (unpaired) electrons. The van der Waals surface area contributed by atoms with Crippen molar-refractivity contribution >= 4 is 63.0 Å². The molecule has 0 bridgehead atoms. The van der Waals surface area contributed by atoms with Crippen LogP contribution in [-0.2, 0) is 0 Å². The van der Waals surface area contributed by atoms with E-state index >= 15 is 0 Å². The van der Waals surface area contributed by atoms with Gasteiger partial charge in [-0.1, -0.05) is 0 Å². The minimum atomic E-state index is -0.615. The van der Waals surface area contributed by atoms with Crippen LogP contribution in [0.4, 0.5) is 27.5 Å². The second kappa shape index (κ2) is 7.44. The van der Waals surface area contributed by atoms with Gasteiger partial charge in [0.2, 0.25) is 0 Å². The quantitative estimate of drug-likeness (QED) is 0.458. The van der Waals surface area contributed by atoms with Crippen LogP contribution < -0.4 is 22.1 Å². The molecule has 6 N–H and O–H groups in total. The molecule has 0 saturated heterocycles. The Morgan fingerprint density at radius 1 is 0.793 bits per heavy atom. The van der Waals surface area contributed by atoms with Crippen LogP contribution in [0, 0.1) is 13.8 Å². The van der Waals surface area contributed by atoms with Gasteiger partial charge in [0, 0.05) is 33.5 Å². The standard InChI is InChI=1S/C21H20N6O.ClH/c1-11-7-17(22)15-9-13(3-5-19(15)25-11)27(21(24)28)14-4-6-20-16(10-14)18(23)8-12(2)26-20;/h3-10H,1-2H3,(H2,22,25)(H2,23,26)(H2,24,28);1H. The van der Waals surface area contributed by atoms with Crippen LogP contribution in [0.2, 0.25) is 0 Å². The van der Waals surface area contributed by atoms with Crippen LogP contribution in [0.25, 0.3) is 21.8 Å². The first-order chi connectivity index (χ1) is 13.3. The topological polar surface area (TPSA) is 124 Å². The third-order valence-corrected chi connectivity index (χ3v) is 4.64. The number of hydrogen-bond donors (Lipinski definition) is 3. The number of fused-ring (bicyclic) bond motifs is 2. The molecule has 0 fully saturated rings. The maximum Gasteiger partial charge on any atom is 0.323 e. The molecule has 7 nitrogen and oxygen atoms in total. The number of rotatable bonds is 2. The largest absolute Gasteiger partial charge is 0.398 e. The van der Waals surface area contributed by atoms with E-state index in [-0.39, 0.29) is 12.4 Å². The summed E-state index contributed by atoms with van der Waals surface area (Å²) in [4.78, 5) is 22.7. The van der Waals surface area contributed by atoms with E-state index in [0.29, 0.717) is 22.7 Å². The second-order valence-corrected chi connectivity index (χ2v) is 6.78. The van der Waals surface area contributed by atoms with Crippen molar-refractivity contribution in [3.8, 4) is 0 Å². The Morgan fingerprint density at radius 3 is 1.59 bits per heavy atom. The van der Waals surface area contributed by atoms with Gasteiger partial charge in [0.1, 0.15) is 0 Å². The number of amides is 2. The number of hydrogen-bond acceptors (Lipinski definition) is 5. The summed E-state index contributed by atoms with van der Waals surface area (Å²) in [5.74, 6) is 0. The van der Waals surface area contributed by atoms with E-state index in [1.807, 2.05) is 38.1 Å². The van der Waals surface area contributed by atoms with Crippen LogP contribution >= 0.6 is 12.4 Å². The van der Waals surface area contributed by atoms with Crippen molar-refractivity contribution in [2.45, 2.75) is 13.8 Å². The number of aryl methyl sites for hydroxylation is 2. The van der Waals surface area contributed by atoms with Crippen LogP contribution in [0.5, 0.6) is 0 Å². The van der Waals surface area contributed by atoms with Crippen LogP contribution in [0.1, 0.15) is 11.4 Å². The molecule has 2 amide bonds. The molecule has 0 unspecified atom stereocenters. The zero-order valence-electron chi connectivity index (χ0n) is 16.0. The SMILES string of the molecule is Cc1cc(N)c2cc(N(C(N)=O)c3ccc4nc(C)cc(N)c4c3)ccc2n1.Cl. The van der Waals surface area contributed by atoms with E-state index in [1.165, 1.54) is 4.90 Å².